The summed E-state index contributed by atoms with van der Waals surface area (Å²) in [5.74, 6) is 1.64. The summed E-state index contributed by atoms with van der Waals surface area (Å²) >= 11 is 6.30. The van der Waals surface area contributed by atoms with Crippen molar-refractivity contribution in [3.05, 3.63) is 70.8 Å². The molecule has 3 aliphatic rings. The van der Waals surface area contributed by atoms with Crippen molar-refractivity contribution >= 4 is 23.1 Å². The van der Waals surface area contributed by atoms with Crippen LogP contribution in [0, 0.1) is 5.82 Å². The zero-order valence-corrected chi connectivity index (χ0v) is 17.3. The lowest BCUT2D eigenvalue weighted by molar-refractivity contribution is 0.171. The fourth-order valence-electron chi connectivity index (χ4n) is 3.89. The van der Waals surface area contributed by atoms with Crippen LogP contribution in [0.25, 0.3) is 0 Å². The van der Waals surface area contributed by atoms with E-state index in [2.05, 4.69) is 10.3 Å². The minimum atomic E-state index is -0.760. The van der Waals surface area contributed by atoms with E-state index < -0.39 is 18.0 Å². The number of nitrogens with one attached hydrogen (secondary N) is 1. The minimum absolute atomic E-state index is 0.0740. The highest BCUT2D eigenvalue weighted by Gasteiger charge is 2.42. The number of hydrogen-bond acceptors (Lipinski definition) is 7. The van der Waals surface area contributed by atoms with E-state index in [0.29, 0.717) is 36.4 Å². The molecular weight excluding hydrogens is 425 g/mol. The van der Waals surface area contributed by atoms with Gasteiger partial charge in [-0.25, -0.2) is 4.39 Å². The Morgan fingerprint density at radius 1 is 1.23 bits per heavy atom. The van der Waals surface area contributed by atoms with E-state index in [9.17, 15) is 9.50 Å². The first-order chi connectivity index (χ1) is 15.1. The Bertz CT molecular complexity index is 1130. The lowest BCUT2D eigenvalue weighted by Gasteiger charge is -2.33. The first kappa shape index (κ1) is 19.6. The van der Waals surface area contributed by atoms with E-state index in [1.54, 1.807) is 25.3 Å². The van der Waals surface area contributed by atoms with Crippen LogP contribution in [0.5, 0.6) is 17.2 Å². The number of hydrogen-bond donors (Lipinski definition) is 2. The van der Waals surface area contributed by atoms with Gasteiger partial charge in [-0.2, -0.15) is 0 Å². The van der Waals surface area contributed by atoms with Gasteiger partial charge in [-0.05, 0) is 36.4 Å². The lowest BCUT2D eigenvalue weighted by Crippen LogP contribution is -2.43. The average Bonchev–Trinajstić information content (AvgIpc) is 3.14. The first-order valence-corrected chi connectivity index (χ1v) is 10.1. The van der Waals surface area contributed by atoms with Crippen molar-refractivity contribution in [2.45, 2.75) is 12.2 Å². The lowest BCUT2D eigenvalue weighted by atomic mass is 10.0. The molecule has 0 radical (unpaired) electrons. The van der Waals surface area contributed by atoms with E-state index in [1.807, 2.05) is 23.1 Å². The molecule has 160 valence electrons. The number of aromatic hydroxyl groups is 1. The molecule has 0 bridgehead atoms. The number of methoxy groups -OCH3 is 1. The number of anilines is 1. The van der Waals surface area contributed by atoms with Crippen LogP contribution in [0.4, 0.5) is 10.1 Å². The third kappa shape index (κ3) is 3.33. The molecule has 0 saturated heterocycles. The molecule has 0 amide bonds. The Labute approximate surface area is 183 Å². The van der Waals surface area contributed by atoms with Crippen LogP contribution >= 0.6 is 11.6 Å². The van der Waals surface area contributed by atoms with Gasteiger partial charge in [0.1, 0.15) is 42.8 Å². The Balaban J connectivity index is 1.57. The Morgan fingerprint density at radius 3 is 2.84 bits per heavy atom. The standard InChI is InChI=1S/C22H19ClFN3O4/c1-29-18-4-2-3-17-26-21(19-13(24)6-7-14(28)20(19)23)22(27(17)18)25-12-5-8-15-16(11-12)31-10-9-30-15/h2-8,11,21-22,25,28H,9-10H2,1H3. The second-order valence-electron chi connectivity index (χ2n) is 7.11. The normalized spacial score (nSPS) is 21.3. The van der Waals surface area contributed by atoms with Gasteiger partial charge in [-0.15, -0.1) is 0 Å². The maximum absolute atomic E-state index is 14.9. The fraction of sp³-hybridized carbons (Fsp3) is 0.227. The number of fused-ring (bicyclic) bond motifs is 2. The van der Waals surface area contributed by atoms with Gasteiger partial charge in [0, 0.05) is 17.3 Å². The molecule has 0 aromatic heterocycles. The first-order valence-electron chi connectivity index (χ1n) is 9.69. The number of halogens is 2. The predicted molar refractivity (Wildman–Crippen MR) is 114 cm³/mol. The molecule has 0 spiro atoms. The topological polar surface area (TPSA) is 75.5 Å². The summed E-state index contributed by atoms with van der Waals surface area (Å²) in [7, 11) is 1.55. The van der Waals surface area contributed by atoms with Gasteiger partial charge in [0.05, 0.1) is 12.1 Å². The summed E-state index contributed by atoms with van der Waals surface area (Å²) in [5, 5.41) is 13.4. The molecule has 2 N–H and O–H groups in total. The summed E-state index contributed by atoms with van der Waals surface area (Å²) in [5.41, 5.74) is 0.819. The summed E-state index contributed by atoms with van der Waals surface area (Å²) in [6.07, 6.45) is 4.82. The maximum atomic E-state index is 14.9. The molecule has 0 saturated carbocycles. The molecule has 2 aromatic rings. The van der Waals surface area contributed by atoms with Crippen LogP contribution < -0.4 is 14.8 Å². The molecule has 0 aliphatic carbocycles. The summed E-state index contributed by atoms with van der Waals surface area (Å²) in [6.45, 7) is 0.965. The van der Waals surface area contributed by atoms with Crippen LogP contribution in [-0.2, 0) is 4.74 Å². The van der Waals surface area contributed by atoms with Crippen molar-refractivity contribution in [2.75, 3.05) is 25.6 Å². The number of phenolic OH excluding ortho intramolecular Hbond substituents is 1. The van der Waals surface area contributed by atoms with E-state index in [4.69, 9.17) is 25.8 Å². The van der Waals surface area contributed by atoms with Crippen molar-refractivity contribution in [1.29, 1.82) is 0 Å². The number of amidine groups is 1. The molecule has 2 unspecified atom stereocenters. The molecule has 0 fully saturated rings. The zero-order valence-electron chi connectivity index (χ0n) is 16.5. The number of phenols is 1. The number of benzene rings is 2. The Morgan fingerprint density at radius 2 is 2.03 bits per heavy atom. The second-order valence-corrected chi connectivity index (χ2v) is 7.49. The number of rotatable bonds is 4. The van der Waals surface area contributed by atoms with Crippen molar-refractivity contribution in [3.8, 4) is 17.2 Å². The highest BCUT2D eigenvalue weighted by atomic mass is 35.5. The molecule has 3 aliphatic heterocycles. The monoisotopic (exact) mass is 443 g/mol. The van der Waals surface area contributed by atoms with Crippen molar-refractivity contribution in [3.63, 3.8) is 0 Å². The summed E-state index contributed by atoms with van der Waals surface area (Å²) < 4.78 is 31.7. The second kappa shape index (κ2) is 7.70. The van der Waals surface area contributed by atoms with Crippen molar-refractivity contribution in [1.82, 2.24) is 4.90 Å². The molecule has 7 nitrogen and oxygen atoms in total. The number of ether oxygens (including phenoxy) is 3. The van der Waals surface area contributed by atoms with Gasteiger partial charge in [0.2, 0.25) is 0 Å². The Kier molecular flexibility index (Phi) is 4.86. The molecule has 2 aromatic carbocycles. The van der Waals surface area contributed by atoms with Gasteiger partial charge in [0.15, 0.2) is 17.4 Å². The quantitative estimate of drug-likeness (QED) is 0.737. The molecular formula is C22H19ClFN3O4. The average molecular weight is 444 g/mol. The van der Waals surface area contributed by atoms with Crippen LogP contribution in [0.1, 0.15) is 11.6 Å². The summed E-state index contributed by atoms with van der Waals surface area (Å²) in [6, 6.07) is 7.12. The minimum Gasteiger partial charge on any atom is -0.506 e. The van der Waals surface area contributed by atoms with E-state index in [-0.39, 0.29) is 16.3 Å². The maximum Gasteiger partial charge on any atom is 0.196 e. The predicted octanol–water partition coefficient (Wildman–Crippen LogP) is 4.21. The van der Waals surface area contributed by atoms with Gasteiger partial charge < -0.3 is 24.6 Å². The van der Waals surface area contributed by atoms with Crippen LogP contribution in [-0.4, -0.2) is 42.3 Å². The Hall–Kier alpha value is -3.39. The molecule has 9 heteroatoms. The van der Waals surface area contributed by atoms with Crippen LogP contribution in [0.3, 0.4) is 0 Å². The number of allylic oxidation sites excluding steroid dienone is 2. The third-order valence-corrected chi connectivity index (χ3v) is 5.68. The van der Waals surface area contributed by atoms with Gasteiger partial charge in [-0.3, -0.25) is 9.89 Å². The van der Waals surface area contributed by atoms with E-state index >= 15 is 0 Å². The largest absolute Gasteiger partial charge is 0.506 e. The number of aliphatic imine (C=N–C) groups is 1. The fourth-order valence-corrected chi connectivity index (χ4v) is 4.16. The van der Waals surface area contributed by atoms with Crippen LogP contribution in [0.2, 0.25) is 5.02 Å². The zero-order chi connectivity index (χ0) is 21.5. The molecule has 3 heterocycles. The third-order valence-electron chi connectivity index (χ3n) is 5.28. The van der Waals surface area contributed by atoms with Crippen molar-refractivity contribution < 1.29 is 23.7 Å². The highest BCUT2D eigenvalue weighted by Crippen LogP contribution is 2.43. The van der Waals surface area contributed by atoms with Gasteiger partial charge in [0.25, 0.3) is 0 Å². The van der Waals surface area contributed by atoms with Crippen molar-refractivity contribution in [2.24, 2.45) is 4.99 Å². The molecule has 5 rings (SSSR count). The smallest absolute Gasteiger partial charge is 0.196 e. The number of nitrogens with zero attached hydrogens (tertiary/aromatic N) is 2. The molecule has 31 heavy (non-hydrogen) atoms. The highest BCUT2D eigenvalue weighted by molar-refractivity contribution is 6.32. The van der Waals surface area contributed by atoms with E-state index in [0.717, 1.165) is 5.69 Å². The SMILES string of the molecule is COC1=CC=CC2=NC(c3c(F)ccc(O)c3Cl)C(Nc3ccc4c(c3)OCCO4)N12. The molecule has 2 atom stereocenters. The van der Waals surface area contributed by atoms with Crippen LogP contribution in [0.15, 0.2) is 59.4 Å². The van der Waals surface area contributed by atoms with Gasteiger partial charge in [-0.1, -0.05) is 17.7 Å². The van der Waals surface area contributed by atoms with Gasteiger partial charge >= 0.3 is 0 Å². The summed E-state index contributed by atoms with van der Waals surface area (Å²) in [4.78, 5) is 6.51. The van der Waals surface area contributed by atoms with E-state index in [1.165, 1.54) is 12.1 Å².